The van der Waals surface area contributed by atoms with Gasteiger partial charge in [-0.1, -0.05) is 31.4 Å². The SMILES string of the molecule is C[C@@H](C(=O)NC1(C#N)CCCCC1)N1CCC[C@@]2(CC=CCC2)C1. The van der Waals surface area contributed by atoms with Crippen molar-refractivity contribution in [2.45, 2.75) is 82.7 Å². The molecule has 1 saturated heterocycles. The molecule has 3 aliphatic rings. The minimum Gasteiger partial charge on any atom is -0.336 e. The highest BCUT2D eigenvalue weighted by molar-refractivity contribution is 5.82. The van der Waals surface area contributed by atoms with Gasteiger partial charge in [0, 0.05) is 6.54 Å². The molecule has 0 unspecified atom stereocenters. The van der Waals surface area contributed by atoms with Gasteiger partial charge in [0.1, 0.15) is 5.54 Å². The molecule has 0 bridgehead atoms. The molecular weight excluding hydrogens is 298 g/mol. The molecule has 0 aromatic carbocycles. The van der Waals surface area contributed by atoms with Gasteiger partial charge in [-0.2, -0.15) is 5.26 Å². The average Bonchev–Trinajstić information content (AvgIpc) is 2.62. The minimum atomic E-state index is -0.620. The topological polar surface area (TPSA) is 56.1 Å². The van der Waals surface area contributed by atoms with E-state index in [2.05, 4.69) is 28.4 Å². The van der Waals surface area contributed by atoms with E-state index < -0.39 is 5.54 Å². The molecule has 24 heavy (non-hydrogen) atoms. The lowest BCUT2D eigenvalue weighted by Gasteiger charge is -2.46. The van der Waals surface area contributed by atoms with Gasteiger partial charge in [-0.05, 0) is 63.8 Å². The van der Waals surface area contributed by atoms with Crippen molar-refractivity contribution >= 4 is 5.91 Å². The Morgan fingerprint density at radius 2 is 1.96 bits per heavy atom. The first-order chi connectivity index (χ1) is 11.6. The number of allylic oxidation sites excluding steroid dienone is 2. The molecule has 4 heteroatoms. The Labute approximate surface area is 146 Å². The number of carbonyl (C=O) groups is 1. The quantitative estimate of drug-likeness (QED) is 0.806. The van der Waals surface area contributed by atoms with E-state index in [-0.39, 0.29) is 11.9 Å². The van der Waals surface area contributed by atoms with Crippen LogP contribution in [0.2, 0.25) is 0 Å². The maximum atomic E-state index is 12.8. The fourth-order valence-electron chi connectivity index (χ4n) is 4.82. The second kappa shape index (κ2) is 7.27. The fraction of sp³-hybridized carbons (Fsp3) is 0.800. The summed E-state index contributed by atoms with van der Waals surface area (Å²) in [5, 5.41) is 12.7. The summed E-state index contributed by atoms with van der Waals surface area (Å²) in [4.78, 5) is 15.2. The van der Waals surface area contributed by atoms with Crippen molar-refractivity contribution in [2.24, 2.45) is 5.41 Å². The maximum Gasteiger partial charge on any atom is 0.238 e. The van der Waals surface area contributed by atoms with Crippen LogP contribution in [-0.2, 0) is 4.79 Å². The zero-order chi connectivity index (χ0) is 17.0. The highest BCUT2D eigenvalue weighted by Crippen LogP contribution is 2.41. The van der Waals surface area contributed by atoms with E-state index in [0.29, 0.717) is 5.41 Å². The number of nitrogens with zero attached hydrogens (tertiary/aromatic N) is 2. The van der Waals surface area contributed by atoms with Crippen molar-refractivity contribution in [3.8, 4) is 6.07 Å². The second-order valence-electron chi connectivity index (χ2n) is 8.21. The molecule has 1 aliphatic heterocycles. The molecule has 132 valence electrons. The summed E-state index contributed by atoms with van der Waals surface area (Å²) in [7, 11) is 0. The molecule has 1 N–H and O–H groups in total. The Morgan fingerprint density at radius 3 is 2.62 bits per heavy atom. The number of rotatable bonds is 3. The van der Waals surface area contributed by atoms with E-state index in [1.165, 1.54) is 32.1 Å². The van der Waals surface area contributed by atoms with E-state index in [1.54, 1.807) is 0 Å². The Balaban J connectivity index is 1.62. The Morgan fingerprint density at radius 1 is 1.17 bits per heavy atom. The van der Waals surface area contributed by atoms with E-state index in [0.717, 1.165) is 45.2 Å². The van der Waals surface area contributed by atoms with Crippen molar-refractivity contribution in [1.82, 2.24) is 10.2 Å². The van der Waals surface area contributed by atoms with Crippen molar-refractivity contribution < 1.29 is 4.79 Å². The van der Waals surface area contributed by atoms with Gasteiger partial charge in [-0.3, -0.25) is 9.69 Å². The normalized spacial score (nSPS) is 31.3. The Bertz CT molecular complexity index is 529. The van der Waals surface area contributed by atoms with E-state index in [1.807, 2.05) is 6.92 Å². The van der Waals surface area contributed by atoms with Crippen LogP contribution in [0.15, 0.2) is 12.2 Å². The van der Waals surface area contributed by atoms with E-state index in [9.17, 15) is 10.1 Å². The Kier molecular flexibility index (Phi) is 5.30. The monoisotopic (exact) mass is 329 g/mol. The van der Waals surface area contributed by atoms with Gasteiger partial charge >= 0.3 is 0 Å². The lowest BCUT2D eigenvalue weighted by Crippen LogP contribution is -2.57. The summed E-state index contributed by atoms with van der Waals surface area (Å²) >= 11 is 0. The first-order valence-corrected chi connectivity index (χ1v) is 9.71. The van der Waals surface area contributed by atoms with Crippen LogP contribution in [-0.4, -0.2) is 35.5 Å². The summed E-state index contributed by atoms with van der Waals surface area (Å²) in [6.07, 6.45) is 15.5. The van der Waals surface area contributed by atoms with Gasteiger partial charge in [0.05, 0.1) is 12.1 Å². The standard InChI is InChI=1S/C20H31N3O/c1-17(18(24)22-20(15-21)12-6-3-7-13-20)23-14-8-11-19(16-23)9-4-2-5-10-19/h2,4,17H,3,5-14,16H2,1H3,(H,22,24)/t17-,19-/m0/s1. The molecule has 2 aliphatic carbocycles. The molecule has 1 saturated carbocycles. The smallest absolute Gasteiger partial charge is 0.238 e. The number of hydrogen-bond donors (Lipinski definition) is 1. The largest absolute Gasteiger partial charge is 0.336 e. The molecule has 2 atom stereocenters. The van der Waals surface area contributed by atoms with Crippen LogP contribution in [0, 0.1) is 16.7 Å². The van der Waals surface area contributed by atoms with Crippen molar-refractivity contribution in [3.05, 3.63) is 12.2 Å². The third kappa shape index (κ3) is 3.67. The van der Waals surface area contributed by atoms with Crippen molar-refractivity contribution in [1.29, 1.82) is 5.26 Å². The molecule has 4 nitrogen and oxygen atoms in total. The average molecular weight is 329 g/mol. The van der Waals surface area contributed by atoms with Crippen LogP contribution >= 0.6 is 0 Å². The van der Waals surface area contributed by atoms with Gasteiger partial charge in [-0.25, -0.2) is 0 Å². The fourth-order valence-corrected chi connectivity index (χ4v) is 4.82. The molecule has 2 fully saturated rings. The zero-order valence-electron chi connectivity index (χ0n) is 15.0. The molecule has 1 amide bonds. The van der Waals surface area contributed by atoms with Crippen LogP contribution in [0.5, 0.6) is 0 Å². The third-order valence-electron chi connectivity index (χ3n) is 6.46. The lowest BCUT2D eigenvalue weighted by molar-refractivity contribution is -0.129. The van der Waals surface area contributed by atoms with Gasteiger partial charge in [0.15, 0.2) is 0 Å². The zero-order valence-corrected chi connectivity index (χ0v) is 15.0. The van der Waals surface area contributed by atoms with Crippen LogP contribution in [0.4, 0.5) is 0 Å². The summed E-state index contributed by atoms with van der Waals surface area (Å²) in [6.45, 7) is 4.03. The molecule has 0 radical (unpaired) electrons. The van der Waals surface area contributed by atoms with E-state index >= 15 is 0 Å². The van der Waals surface area contributed by atoms with Crippen molar-refractivity contribution in [3.63, 3.8) is 0 Å². The van der Waals surface area contributed by atoms with Gasteiger partial charge < -0.3 is 5.32 Å². The number of piperidine rings is 1. The molecule has 3 rings (SSSR count). The first-order valence-electron chi connectivity index (χ1n) is 9.71. The number of hydrogen-bond acceptors (Lipinski definition) is 3. The molecule has 1 spiro atoms. The maximum absolute atomic E-state index is 12.8. The van der Waals surface area contributed by atoms with Gasteiger partial charge in [0.25, 0.3) is 0 Å². The van der Waals surface area contributed by atoms with Crippen LogP contribution in [0.1, 0.15) is 71.1 Å². The molecule has 0 aromatic rings. The predicted molar refractivity (Wildman–Crippen MR) is 95.3 cm³/mol. The third-order valence-corrected chi connectivity index (χ3v) is 6.46. The summed E-state index contributed by atoms with van der Waals surface area (Å²) < 4.78 is 0. The summed E-state index contributed by atoms with van der Waals surface area (Å²) in [5.74, 6) is 0.0434. The lowest BCUT2D eigenvalue weighted by atomic mass is 9.71. The van der Waals surface area contributed by atoms with Crippen LogP contribution < -0.4 is 5.32 Å². The minimum absolute atomic E-state index is 0.0434. The highest BCUT2D eigenvalue weighted by Gasteiger charge is 2.40. The van der Waals surface area contributed by atoms with Crippen LogP contribution in [0.25, 0.3) is 0 Å². The number of carbonyl (C=O) groups excluding carboxylic acids is 1. The van der Waals surface area contributed by atoms with E-state index in [4.69, 9.17) is 0 Å². The first kappa shape index (κ1) is 17.5. The Hall–Kier alpha value is -1.34. The van der Waals surface area contributed by atoms with Gasteiger partial charge in [0.2, 0.25) is 5.91 Å². The molecular formula is C20H31N3O. The highest BCUT2D eigenvalue weighted by atomic mass is 16.2. The second-order valence-corrected chi connectivity index (χ2v) is 8.21. The number of nitrogens with one attached hydrogen (secondary N) is 1. The summed E-state index contributed by atoms with van der Waals surface area (Å²) in [5.41, 5.74) is -0.246. The summed E-state index contributed by atoms with van der Waals surface area (Å²) in [6, 6.07) is 2.26. The predicted octanol–water partition coefficient (Wildman–Crippen LogP) is 3.54. The van der Waals surface area contributed by atoms with Gasteiger partial charge in [-0.15, -0.1) is 0 Å². The van der Waals surface area contributed by atoms with Crippen molar-refractivity contribution in [2.75, 3.05) is 13.1 Å². The molecule has 0 aromatic heterocycles. The number of amides is 1. The van der Waals surface area contributed by atoms with Crippen LogP contribution in [0.3, 0.4) is 0 Å². The number of likely N-dealkylation sites (tertiary alicyclic amines) is 1. The number of nitriles is 1. The molecule has 1 heterocycles.